The number of carbonyl (C=O) groups excluding carboxylic acids is 1. The Hall–Kier alpha value is -1.36. The molecule has 2 rings (SSSR count). The van der Waals surface area contributed by atoms with Crippen molar-refractivity contribution in [2.75, 3.05) is 6.54 Å². The van der Waals surface area contributed by atoms with Gasteiger partial charge in [-0.3, -0.25) is 4.79 Å². The van der Waals surface area contributed by atoms with Gasteiger partial charge in [0.15, 0.2) is 0 Å². The molecule has 2 unspecified atom stereocenters. The maximum Gasteiger partial charge on any atom is 0.326 e. The highest BCUT2D eigenvalue weighted by molar-refractivity contribution is 7.10. The molecule has 0 radical (unpaired) electrons. The van der Waals surface area contributed by atoms with E-state index in [2.05, 4.69) is 6.92 Å². The zero-order valence-corrected chi connectivity index (χ0v) is 11.9. The smallest absolute Gasteiger partial charge is 0.326 e. The SMILES string of the molecule is CCC1CCN(C(=O)Cc2cccs2)C(C(=O)O)C1. The first kappa shape index (κ1) is 14.1. The van der Waals surface area contributed by atoms with Crippen molar-refractivity contribution in [1.82, 2.24) is 4.90 Å². The van der Waals surface area contributed by atoms with Crippen LogP contribution < -0.4 is 0 Å². The van der Waals surface area contributed by atoms with Crippen molar-refractivity contribution in [2.24, 2.45) is 5.92 Å². The van der Waals surface area contributed by atoms with Crippen LogP contribution in [0.15, 0.2) is 17.5 Å². The molecule has 0 spiro atoms. The third-order valence-electron chi connectivity index (χ3n) is 3.80. The van der Waals surface area contributed by atoms with E-state index in [1.165, 1.54) is 11.3 Å². The predicted molar refractivity (Wildman–Crippen MR) is 74.2 cm³/mol. The minimum atomic E-state index is -0.877. The third kappa shape index (κ3) is 3.35. The molecule has 2 atom stereocenters. The van der Waals surface area contributed by atoms with Gasteiger partial charge in [0.25, 0.3) is 0 Å². The lowest BCUT2D eigenvalue weighted by atomic mass is 9.88. The zero-order valence-electron chi connectivity index (χ0n) is 11.0. The van der Waals surface area contributed by atoms with Crippen molar-refractivity contribution in [1.29, 1.82) is 0 Å². The maximum atomic E-state index is 12.2. The number of amides is 1. The van der Waals surface area contributed by atoms with Gasteiger partial charge < -0.3 is 10.0 Å². The Labute approximate surface area is 117 Å². The molecule has 1 aromatic rings. The van der Waals surface area contributed by atoms with Gasteiger partial charge in [-0.15, -0.1) is 11.3 Å². The van der Waals surface area contributed by atoms with Crippen LogP contribution >= 0.6 is 11.3 Å². The number of thiophene rings is 1. The highest BCUT2D eigenvalue weighted by atomic mass is 32.1. The van der Waals surface area contributed by atoms with E-state index in [9.17, 15) is 14.7 Å². The van der Waals surface area contributed by atoms with E-state index in [1.807, 2.05) is 17.5 Å². The summed E-state index contributed by atoms with van der Waals surface area (Å²) in [7, 11) is 0. The van der Waals surface area contributed by atoms with E-state index >= 15 is 0 Å². The summed E-state index contributed by atoms with van der Waals surface area (Å²) in [5.74, 6) is -0.519. The molecule has 2 heterocycles. The second-order valence-electron chi connectivity index (χ2n) is 5.00. The first-order chi connectivity index (χ1) is 9.11. The van der Waals surface area contributed by atoms with Gasteiger partial charge in [0.1, 0.15) is 6.04 Å². The van der Waals surface area contributed by atoms with Gasteiger partial charge in [-0.2, -0.15) is 0 Å². The molecule has 0 aromatic carbocycles. The monoisotopic (exact) mass is 281 g/mol. The molecule has 19 heavy (non-hydrogen) atoms. The van der Waals surface area contributed by atoms with E-state index in [4.69, 9.17) is 0 Å². The van der Waals surface area contributed by atoms with E-state index in [0.717, 1.165) is 17.7 Å². The molecule has 1 aliphatic heterocycles. The topological polar surface area (TPSA) is 57.6 Å². The van der Waals surface area contributed by atoms with Crippen molar-refractivity contribution in [3.8, 4) is 0 Å². The summed E-state index contributed by atoms with van der Waals surface area (Å²) in [4.78, 5) is 26.1. The second-order valence-corrected chi connectivity index (χ2v) is 6.03. The molecule has 0 bridgehead atoms. The Morgan fingerprint density at radius 1 is 1.53 bits per heavy atom. The second kappa shape index (κ2) is 6.19. The largest absolute Gasteiger partial charge is 0.480 e. The molecule has 104 valence electrons. The van der Waals surface area contributed by atoms with Crippen molar-refractivity contribution >= 4 is 23.2 Å². The lowest BCUT2D eigenvalue weighted by Gasteiger charge is -2.37. The van der Waals surface area contributed by atoms with Crippen molar-refractivity contribution in [3.63, 3.8) is 0 Å². The lowest BCUT2D eigenvalue weighted by molar-refractivity contribution is -0.152. The fourth-order valence-corrected chi connectivity index (χ4v) is 3.30. The van der Waals surface area contributed by atoms with Gasteiger partial charge in [-0.05, 0) is 30.2 Å². The van der Waals surface area contributed by atoms with Crippen LogP contribution in [0.5, 0.6) is 0 Å². The minimum Gasteiger partial charge on any atom is -0.480 e. The standard InChI is InChI=1S/C14H19NO3S/c1-2-10-5-6-15(12(8-10)14(17)18)13(16)9-11-4-3-7-19-11/h3-4,7,10,12H,2,5-6,8-9H2,1H3,(H,17,18). The summed E-state index contributed by atoms with van der Waals surface area (Å²) >= 11 is 1.53. The number of likely N-dealkylation sites (tertiary alicyclic amines) is 1. The Bertz CT molecular complexity index is 444. The average molecular weight is 281 g/mol. The van der Waals surface area contributed by atoms with Crippen molar-refractivity contribution in [3.05, 3.63) is 22.4 Å². The van der Waals surface area contributed by atoms with Gasteiger partial charge >= 0.3 is 5.97 Å². The van der Waals surface area contributed by atoms with Crippen LogP contribution in [0.4, 0.5) is 0 Å². The Kier molecular flexibility index (Phi) is 4.58. The van der Waals surface area contributed by atoms with E-state index in [0.29, 0.717) is 25.3 Å². The summed E-state index contributed by atoms with van der Waals surface area (Å²) in [6, 6.07) is 3.17. The molecule has 5 heteroatoms. The first-order valence-corrected chi connectivity index (χ1v) is 7.54. The first-order valence-electron chi connectivity index (χ1n) is 6.66. The van der Waals surface area contributed by atoms with Crippen LogP contribution in [-0.2, 0) is 16.0 Å². The Balaban J connectivity index is 2.04. The van der Waals surface area contributed by atoms with Crippen LogP contribution in [0.1, 0.15) is 31.1 Å². The molecule has 1 aliphatic rings. The molecule has 0 saturated carbocycles. The van der Waals surface area contributed by atoms with Crippen LogP contribution in [0.25, 0.3) is 0 Å². The van der Waals surface area contributed by atoms with E-state index < -0.39 is 12.0 Å². The fourth-order valence-electron chi connectivity index (χ4n) is 2.61. The molecule has 1 saturated heterocycles. The molecule has 1 N–H and O–H groups in total. The summed E-state index contributed by atoms with van der Waals surface area (Å²) in [6.07, 6.45) is 2.80. The molecule has 1 aromatic heterocycles. The zero-order chi connectivity index (χ0) is 13.8. The highest BCUT2D eigenvalue weighted by Gasteiger charge is 2.35. The van der Waals surface area contributed by atoms with Gasteiger partial charge in [-0.1, -0.05) is 19.4 Å². The van der Waals surface area contributed by atoms with Crippen LogP contribution in [0, 0.1) is 5.92 Å². The normalized spacial score (nSPS) is 23.3. The number of hydrogen-bond donors (Lipinski definition) is 1. The summed E-state index contributed by atoms with van der Waals surface area (Å²) in [5.41, 5.74) is 0. The quantitative estimate of drug-likeness (QED) is 0.922. The maximum absolute atomic E-state index is 12.2. The number of carboxylic acid groups (broad SMARTS) is 1. The molecular weight excluding hydrogens is 262 g/mol. The number of carbonyl (C=O) groups is 2. The molecular formula is C14H19NO3S. The van der Waals surface area contributed by atoms with Gasteiger partial charge in [0, 0.05) is 11.4 Å². The number of carboxylic acids is 1. The van der Waals surface area contributed by atoms with Crippen molar-refractivity contribution < 1.29 is 14.7 Å². The summed E-state index contributed by atoms with van der Waals surface area (Å²) in [5, 5.41) is 11.2. The minimum absolute atomic E-state index is 0.0654. The number of nitrogens with zero attached hydrogens (tertiary/aromatic N) is 1. The number of piperidine rings is 1. The number of aliphatic carboxylic acids is 1. The predicted octanol–water partition coefficient (Wildman–Crippen LogP) is 2.39. The van der Waals surface area contributed by atoms with Crippen LogP contribution in [0.3, 0.4) is 0 Å². The Morgan fingerprint density at radius 3 is 2.89 bits per heavy atom. The molecule has 1 amide bonds. The fraction of sp³-hybridized carbons (Fsp3) is 0.571. The van der Waals surface area contributed by atoms with E-state index in [-0.39, 0.29) is 5.91 Å². The lowest BCUT2D eigenvalue weighted by Crippen LogP contribution is -2.50. The molecule has 4 nitrogen and oxygen atoms in total. The highest BCUT2D eigenvalue weighted by Crippen LogP contribution is 2.26. The van der Waals surface area contributed by atoms with Crippen LogP contribution in [-0.4, -0.2) is 34.5 Å². The van der Waals surface area contributed by atoms with Gasteiger partial charge in [-0.25, -0.2) is 4.79 Å². The summed E-state index contributed by atoms with van der Waals surface area (Å²) < 4.78 is 0. The van der Waals surface area contributed by atoms with Crippen molar-refractivity contribution in [2.45, 2.75) is 38.6 Å². The van der Waals surface area contributed by atoms with Gasteiger partial charge in [0.2, 0.25) is 5.91 Å². The van der Waals surface area contributed by atoms with Gasteiger partial charge in [0.05, 0.1) is 6.42 Å². The average Bonchev–Trinajstić information content (AvgIpc) is 2.90. The van der Waals surface area contributed by atoms with Crippen LogP contribution in [0.2, 0.25) is 0 Å². The van der Waals surface area contributed by atoms with E-state index in [1.54, 1.807) is 4.90 Å². The Morgan fingerprint density at radius 2 is 2.32 bits per heavy atom. The molecule has 1 fully saturated rings. The summed E-state index contributed by atoms with van der Waals surface area (Å²) in [6.45, 7) is 2.65. The molecule has 0 aliphatic carbocycles. The number of rotatable bonds is 4. The number of hydrogen-bond acceptors (Lipinski definition) is 3. The third-order valence-corrected chi connectivity index (χ3v) is 4.68.